The first-order chi connectivity index (χ1) is 11.7. The van der Waals surface area contributed by atoms with E-state index in [4.69, 9.17) is 0 Å². The van der Waals surface area contributed by atoms with Crippen LogP contribution in [0.15, 0.2) is 53.8 Å². The van der Waals surface area contributed by atoms with Crippen LogP contribution in [-0.2, 0) is 13.1 Å². The average Bonchev–Trinajstić information content (AvgIpc) is 3.09. The summed E-state index contributed by atoms with van der Waals surface area (Å²) >= 11 is 0. The van der Waals surface area contributed by atoms with Crippen molar-refractivity contribution in [1.82, 2.24) is 20.1 Å². The standard InChI is InChI=1S/C18H26FN5/c1-20-18(22-10-14-24-11-3-4-12-24)21-9-13-23(2)15-16-5-7-17(19)8-6-16/h3-8,11-12H,9-10,13-15H2,1-2H3,(H2,20,21,22). The van der Waals surface area contributed by atoms with E-state index in [0.717, 1.165) is 44.2 Å². The number of aliphatic imine (C=N–C) groups is 1. The van der Waals surface area contributed by atoms with Crippen molar-refractivity contribution in [2.75, 3.05) is 33.7 Å². The normalized spacial score (nSPS) is 11.8. The molecule has 0 radical (unpaired) electrons. The SMILES string of the molecule is CN=C(NCCN(C)Cc1ccc(F)cc1)NCCn1cccc1. The Morgan fingerprint density at radius 2 is 1.79 bits per heavy atom. The Kier molecular flexibility index (Phi) is 7.29. The van der Waals surface area contributed by atoms with Crippen LogP contribution in [0, 0.1) is 5.82 Å². The van der Waals surface area contributed by atoms with Gasteiger partial charge in [-0.05, 0) is 36.9 Å². The number of nitrogens with one attached hydrogen (secondary N) is 2. The molecular weight excluding hydrogens is 305 g/mol. The van der Waals surface area contributed by atoms with E-state index < -0.39 is 0 Å². The number of nitrogens with zero attached hydrogens (tertiary/aromatic N) is 3. The van der Waals surface area contributed by atoms with Gasteiger partial charge in [-0.1, -0.05) is 12.1 Å². The molecule has 0 fully saturated rings. The molecule has 1 heterocycles. The lowest BCUT2D eigenvalue weighted by molar-refractivity contribution is 0.331. The zero-order valence-electron chi connectivity index (χ0n) is 14.4. The summed E-state index contributed by atoms with van der Waals surface area (Å²) in [7, 11) is 3.82. The molecule has 0 saturated heterocycles. The Morgan fingerprint density at radius 1 is 1.12 bits per heavy atom. The third-order valence-electron chi connectivity index (χ3n) is 3.70. The molecule has 0 bridgehead atoms. The topological polar surface area (TPSA) is 44.6 Å². The van der Waals surface area contributed by atoms with Gasteiger partial charge in [0.2, 0.25) is 0 Å². The summed E-state index contributed by atoms with van der Waals surface area (Å²) in [5.74, 6) is 0.607. The Balaban J connectivity index is 1.62. The lowest BCUT2D eigenvalue weighted by atomic mass is 10.2. The third-order valence-corrected chi connectivity index (χ3v) is 3.70. The molecule has 2 rings (SSSR count). The van der Waals surface area contributed by atoms with Gasteiger partial charge in [-0.3, -0.25) is 4.99 Å². The van der Waals surface area contributed by atoms with Gasteiger partial charge in [0, 0.05) is 52.2 Å². The number of hydrogen-bond acceptors (Lipinski definition) is 2. The first-order valence-corrected chi connectivity index (χ1v) is 8.15. The van der Waals surface area contributed by atoms with Crippen molar-refractivity contribution in [1.29, 1.82) is 0 Å². The molecule has 24 heavy (non-hydrogen) atoms. The lowest BCUT2D eigenvalue weighted by Gasteiger charge is -2.18. The fourth-order valence-corrected chi connectivity index (χ4v) is 2.39. The zero-order chi connectivity index (χ0) is 17.2. The minimum Gasteiger partial charge on any atom is -0.355 e. The van der Waals surface area contributed by atoms with Gasteiger partial charge in [-0.15, -0.1) is 0 Å². The maximum Gasteiger partial charge on any atom is 0.191 e. The predicted octanol–water partition coefficient (Wildman–Crippen LogP) is 1.92. The van der Waals surface area contributed by atoms with Gasteiger partial charge in [0.1, 0.15) is 5.82 Å². The number of hydrogen-bond donors (Lipinski definition) is 2. The number of likely N-dealkylation sites (N-methyl/N-ethyl adjacent to an activating group) is 1. The highest BCUT2D eigenvalue weighted by molar-refractivity contribution is 5.79. The van der Waals surface area contributed by atoms with Gasteiger partial charge >= 0.3 is 0 Å². The van der Waals surface area contributed by atoms with Crippen LogP contribution in [0.2, 0.25) is 0 Å². The molecule has 0 aliphatic heterocycles. The number of rotatable bonds is 8. The van der Waals surface area contributed by atoms with Crippen LogP contribution in [0.25, 0.3) is 0 Å². The summed E-state index contributed by atoms with van der Waals surface area (Å²) in [6.45, 7) is 4.18. The fraction of sp³-hybridized carbons (Fsp3) is 0.389. The summed E-state index contributed by atoms with van der Waals surface area (Å²) < 4.78 is 15.0. The monoisotopic (exact) mass is 331 g/mol. The van der Waals surface area contributed by atoms with E-state index in [2.05, 4.69) is 25.1 Å². The van der Waals surface area contributed by atoms with E-state index in [0.29, 0.717) is 0 Å². The summed E-state index contributed by atoms with van der Waals surface area (Å²) in [5.41, 5.74) is 1.10. The van der Waals surface area contributed by atoms with Gasteiger partial charge in [0.05, 0.1) is 0 Å². The second kappa shape index (κ2) is 9.72. The smallest absolute Gasteiger partial charge is 0.191 e. The average molecular weight is 331 g/mol. The molecule has 5 nitrogen and oxygen atoms in total. The first kappa shape index (κ1) is 18.0. The van der Waals surface area contributed by atoms with Crippen LogP contribution >= 0.6 is 0 Å². The largest absolute Gasteiger partial charge is 0.355 e. The molecule has 0 unspecified atom stereocenters. The Hall–Kier alpha value is -2.34. The summed E-state index contributed by atoms with van der Waals surface area (Å²) in [6, 6.07) is 10.7. The van der Waals surface area contributed by atoms with Gasteiger partial charge in [-0.25, -0.2) is 4.39 Å². The molecule has 2 N–H and O–H groups in total. The van der Waals surface area contributed by atoms with Crippen molar-refractivity contribution in [3.8, 4) is 0 Å². The Bertz CT molecular complexity index is 607. The van der Waals surface area contributed by atoms with Crippen molar-refractivity contribution in [3.05, 3.63) is 60.2 Å². The maximum absolute atomic E-state index is 12.9. The van der Waals surface area contributed by atoms with Crippen LogP contribution in [0.4, 0.5) is 4.39 Å². The van der Waals surface area contributed by atoms with E-state index in [1.54, 1.807) is 7.05 Å². The van der Waals surface area contributed by atoms with E-state index >= 15 is 0 Å². The molecule has 130 valence electrons. The lowest BCUT2D eigenvalue weighted by Crippen LogP contribution is -2.41. The van der Waals surface area contributed by atoms with Crippen molar-refractivity contribution in [3.63, 3.8) is 0 Å². The number of guanidine groups is 1. The number of halogens is 1. The van der Waals surface area contributed by atoms with Crippen LogP contribution in [-0.4, -0.2) is 49.2 Å². The minimum absolute atomic E-state index is 0.196. The summed E-state index contributed by atoms with van der Waals surface area (Å²) in [4.78, 5) is 6.41. The molecule has 0 spiro atoms. The molecule has 0 saturated carbocycles. The fourth-order valence-electron chi connectivity index (χ4n) is 2.39. The molecular formula is C18H26FN5. The molecule has 1 aromatic heterocycles. The molecule has 0 amide bonds. The Morgan fingerprint density at radius 3 is 2.46 bits per heavy atom. The van der Waals surface area contributed by atoms with E-state index in [9.17, 15) is 4.39 Å². The molecule has 2 aromatic rings. The summed E-state index contributed by atoms with van der Waals surface area (Å²) in [6.07, 6.45) is 4.09. The third kappa shape index (κ3) is 6.42. The first-order valence-electron chi connectivity index (χ1n) is 8.15. The maximum atomic E-state index is 12.9. The van der Waals surface area contributed by atoms with Gasteiger partial charge in [0.15, 0.2) is 5.96 Å². The predicted molar refractivity (Wildman–Crippen MR) is 96.5 cm³/mol. The van der Waals surface area contributed by atoms with Crippen molar-refractivity contribution in [2.24, 2.45) is 4.99 Å². The number of aromatic nitrogens is 1. The highest BCUT2D eigenvalue weighted by atomic mass is 19.1. The molecule has 1 aromatic carbocycles. The second-order valence-electron chi connectivity index (χ2n) is 5.71. The molecule has 6 heteroatoms. The van der Waals surface area contributed by atoms with Crippen LogP contribution < -0.4 is 10.6 Å². The molecule has 0 aliphatic rings. The summed E-state index contributed by atoms with van der Waals surface area (Å²) in [5, 5.41) is 6.60. The van der Waals surface area contributed by atoms with Crippen LogP contribution in [0.5, 0.6) is 0 Å². The highest BCUT2D eigenvalue weighted by Crippen LogP contribution is 2.04. The van der Waals surface area contributed by atoms with Crippen molar-refractivity contribution in [2.45, 2.75) is 13.1 Å². The second-order valence-corrected chi connectivity index (χ2v) is 5.71. The quantitative estimate of drug-likeness (QED) is 0.574. The van der Waals surface area contributed by atoms with Crippen molar-refractivity contribution >= 4 is 5.96 Å². The van der Waals surface area contributed by atoms with Gasteiger partial charge in [-0.2, -0.15) is 0 Å². The van der Waals surface area contributed by atoms with Crippen LogP contribution in [0.3, 0.4) is 0 Å². The molecule has 0 aliphatic carbocycles. The van der Waals surface area contributed by atoms with Crippen molar-refractivity contribution < 1.29 is 4.39 Å². The van der Waals surface area contributed by atoms with Gasteiger partial charge in [0.25, 0.3) is 0 Å². The Labute approximate surface area is 143 Å². The van der Waals surface area contributed by atoms with E-state index in [1.165, 1.54) is 12.1 Å². The minimum atomic E-state index is -0.196. The van der Waals surface area contributed by atoms with E-state index in [1.807, 2.05) is 43.7 Å². The zero-order valence-corrected chi connectivity index (χ0v) is 14.4. The number of benzene rings is 1. The van der Waals surface area contributed by atoms with E-state index in [-0.39, 0.29) is 5.82 Å². The van der Waals surface area contributed by atoms with Gasteiger partial charge < -0.3 is 20.1 Å². The van der Waals surface area contributed by atoms with Crippen LogP contribution in [0.1, 0.15) is 5.56 Å². The highest BCUT2D eigenvalue weighted by Gasteiger charge is 2.02. The molecule has 0 atom stereocenters.